The molecule has 12 nitrogen and oxygen atoms in total. The molecule has 0 aliphatic carbocycles. The van der Waals surface area contributed by atoms with Crippen LogP contribution in [-0.4, -0.2) is 88.0 Å². The number of hydrogen-bond acceptors (Lipinski definition) is 11. The highest BCUT2D eigenvalue weighted by Gasteiger charge is 2.17. The highest BCUT2D eigenvalue weighted by molar-refractivity contribution is 5.07. The number of halogens is 1. The fourth-order valence-corrected chi connectivity index (χ4v) is 2.70. The largest absolute Gasteiger partial charge is 0.400 e. The maximum atomic E-state index is 12.1. The first-order chi connectivity index (χ1) is 14.6. The van der Waals surface area contributed by atoms with Crippen LogP contribution >= 0.6 is 0 Å². The summed E-state index contributed by atoms with van der Waals surface area (Å²) in [5, 5.41) is 30.7. The summed E-state index contributed by atoms with van der Waals surface area (Å²) >= 11 is 0. The number of nitrogens with zero attached hydrogens (tertiary/aromatic N) is 5. The van der Waals surface area contributed by atoms with Crippen molar-refractivity contribution >= 4 is 0 Å². The zero-order chi connectivity index (χ0) is 21.6. The lowest BCUT2D eigenvalue weighted by Gasteiger charge is -2.21. The molecule has 0 saturated heterocycles. The minimum Gasteiger partial charge on any atom is -0.400 e. The molecule has 0 spiro atoms. The average Bonchev–Trinajstić information content (AvgIpc) is 3.35. The molecule has 0 radical (unpaired) electrons. The average molecular weight is 430 g/mol. The molecule has 2 rings (SSSR count). The number of nitrogens with two attached hydrogens (primary N) is 1. The maximum Gasteiger partial charge on any atom is 0.134 e. The summed E-state index contributed by atoms with van der Waals surface area (Å²) in [6.07, 6.45) is 5.70. The lowest BCUT2D eigenvalue weighted by Crippen LogP contribution is -2.39. The zero-order valence-corrected chi connectivity index (χ0v) is 17.0. The van der Waals surface area contributed by atoms with E-state index in [1.807, 2.05) is 6.20 Å². The molecule has 2 heterocycles. The summed E-state index contributed by atoms with van der Waals surface area (Å²) < 4.78 is 19.1. The third kappa shape index (κ3) is 8.92. The molecule has 0 atom stereocenters. The van der Waals surface area contributed by atoms with Crippen LogP contribution in [0.25, 0.3) is 0 Å². The summed E-state index contributed by atoms with van der Waals surface area (Å²) in [5.41, 5.74) is 14.4. The van der Waals surface area contributed by atoms with E-state index in [4.69, 9.17) is 20.7 Å². The Kier molecular flexibility index (Phi) is 10.9. The smallest absolute Gasteiger partial charge is 0.134 e. The Morgan fingerprint density at radius 1 is 1.37 bits per heavy atom. The van der Waals surface area contributed by atoms with Crippen LogP contribution in [0.5, 0.6) is 0 Å². The molecule has 0 amide bonds. The van der Waals surface area contributed by atoms with Gasteiger partial charge in [-0.1, -0.05) is 5.21 Å². The van der Waals surface area contributed by atoms with E-state index >= 15 is 0 Å². The molecule has 170 valence electrons. The first-order valence-corrected chi connectivity index (χ1v) is 9.78. The van der Waals surface area contributed by atoms with Gasteiger partial charge in [-0.15, -0.1) is 10.6 Å². The molecule has 7 N–H and O–H groups in total. The van der Waals surface area contributed by atoms with Crippen LogP contribution in [0.2, 0.25) is 0 Å². The molecular formula is C17H32FN9O3. The van der Waals surface area contributed by atoms with Gasteiger partial charge in [0.2, 0.25) is 0 Å². The third-order valence-electron chi connectivity index (χ3n) is 3.97. The van der Waals surface area contributed by atoms with Crippen molar-refractivity contribution in [2.75, 3.05) is 52.9 Å². The van der Waals surface area contributed by atoms with Crippen molar-refractivity contribution in [3.63, 3.8) is 0 Å². The van der Waals surface area contributed by atoms with Crippen molar-refractivity contribution in [3.8, 4) is 0 Å². The SMILES string of the molecule is N/C(=C\NCCO)CN(CC1=CN(COCCCF)NN1)Cc1cn(CCO)nn1. The summed E-state index contributed by atoms with van der Waals surface area (Å²) in [5.74, 6) is 0. The Labute approximate surface area is 175 Å². The topological polar surface area (TPSA) is 149 Å². The van der Waals surface area contributed by atoms with Crippen molar-refractivity contribution in [2.45, 2.75) is 19.5 Å². The van der Waals surface area contributed by atoms with Crippen LogP contribution in [0.4, 0.5) is 4.39 Å². The molecule has 1 aromatic rings. The van der Waals surface area contributed by atoms with E-state index in [2.05, 4.69) is 31.5 Å². The fourth-order valence-electron chi connectivity index (χ4n) is 2.70. The van der Waals surface area contributed by atoms with Gasteiger partial charge in [0.1, 0.15) is 6.73 Å². The highest BCUT2D eigenvalue weighted by atomic mass is 19.1. The van der Waals surface area contributed by atoms with Gasteiger partial charge in [0.15, 0.2) is 0 Å². The minimum absolute atomic E-state index is 0.00949. The van der Waals surface area contributed by atoms with Crippen LogP contribution in [0.15, 0.2) is 30.0 Å². The van der Waals surface area contributed by atoms with E-state index in [0.29, 0.717) is 58.2 Å². The monoisotopic (exact) mass is 429 g/mol. The first kappa shape index (κ1) is 23.8. The Bertz CT molecular complexity index is 671. The number of aliphatic hydroxyl groups excluding tert-OH is 2. The van der Waals surface area contributed by atoms with Crippen LogP contribution in [0.3, 0.4) is 0 Å². The van der Waals surface area contributed by atoms with E-state index in [1.165, 1.54) is 0 Å². The van der Waals surface area contributed by atoms with Gasteiger partial charge in [-0.05, 0) is 6.42 Å². The van der Waals surface area contributed by atoms with Crippen LogP contribution in [-0.2, 0) is 17.8 Å². The van der Waals surface area contributed by atoms with Gasteiger partial charge in [0.05, 0.1) is 44.4 Å². The maximum absolute atomic E-state index is 12.1. The molecule has 0 fully saturated rings. The van der Waals surface area contributed by atoms with Gasteiger partial charge in [-0.3, -0.25) is 14.3 Å². The normalized spacial score (nSPS) is 14.3. The number of ether oxygens (including phenoxy) is 1. The van der Waals surface area contributed by atoms with Crippen molar-refractivity contribution < 1.29 is 19.3 Å². The molecule has 0 saturated carbocycles. The van der Waals surface area contributed by atoms with Gasteiger partial charge in [0, 0.05) is 50.5 Å². The predicted molar refractivity (Wildman–Crippen MR) is 107 cm³/mol. The predicted octanol–water partition coefficient (Wildman–Crippen LogP) is -2.05. The highest BCUT2D eigenvalue weighted by Crippen LogP contribution is 2.08. The van der Waals surface area contributed by atoms with E-state index in [0.717, 1.165) is 11.4 Å². The standard InChI is InChI=1S/C17H32FN9O3/c18-2-1-7-30-14-27-13-17(22-24-27)11-25(9-15(19)8-20-3-5-28)10-16-12-26(4-6-29)23-21-16/h8,12-13,20,22,24,28-29H,1-7,9-11,14,19H2/b15-8-. The molecule has 1 aliphatic rings. The molecule has 0 bridgehead atoms. The van der Waals surface area contributed by atoms with Gasteiger partial charge < -0.3 is 31.4 Å². The second-order valence-electron chi connectivity index (χ2n) is 6.68. The fraction of sp³-hybridized carbons (Fsp3) is 0.647. The Hall–Kier alpha value is -2.45. The Morgan fingerprint density at radius 2 is 2.23 bits per heavy atom. The number of rotatable bonds is 16. The minimum atomic E-state index is -0.396. The van der Waals surface area contributed by atoms with Crippen molar-refractivity contribution in [1.29, 1.82) is 0 Å². The number of hydrazine groups is 2. The Balaban J connectivity index is 1.95. The summed E-state index contributed by atoms with van der Waals surface area (Å²) in [6.45, 7) is 2.55. The van der Waals surface area contributed by atoms with E-state index in [1.54, 1.807) is 22.1 Å². The molecule has 0 unspecified atom stereocenters. The number of aromatic nitrogens is 3. The summed E-state index contributed by atoms with van der Waals surface area (Å²) in [6, 6.07) is 0. The number of nitrogens with one attached hydrogen (secondary N) is 3. The quantitative estimate of drug-likeness (QED) is 0.161. The lowest BCUT2D eigenvalue weighted by molar-refractivity contribution is 0.0268. The molecule has 1 aliphatic heterocycles. The van der Waals surface area contributed by atoms with Crippen molar-refractivity contribution in [1.82, 2.24) is 41.2 Å². The molecule has 0 aromatic carbocycles. The summed E-state index contributed by atoms with van der Waals surface area (Å²) in [4.78, 5) is 2.06. The number of hydrogen-bond donors (Lipinski definition) is 6. The zero-order valence-electron chi connectivity index (χ0n) is 17.0. The van der Waals surface area contributed by atoms with Crippen LogP contribution in [0.1, 0.15) is 12.1 Å². The molecular weight excluding hydrogens is 397 g/mol. The lowest BCUT2D eigenvalue weighted by atomic mass is 10.3. The van der Waals surface area contributed by atoms with Gasteiger partial charge >= 0.3 is 0 Å². The van der Waals surface area contributed by atoms with E-state index in [9.17, 15) is 4.39 Å². The molecule has 30 heavy (non-hydrogen) atoms. The van der Waals surface area contributed by atoms with Crippen LogP contribution < -0.4 is 22.0 Å². The Morgan fingerprint density at radius 3 is 3.00 bits per heavy atom. The van der Waals surface area contributed by atoms with Gasteiger partial charge in [0.25, 0.3) is 0 Å². The number of alkyl halides is 1. The van der Waals surface area contributed by atoms with Crippen LogP contribution in [0, 0.1) is 0 Å². The summed E-state index contributed by atoms with van der Waals surface area (Å²) in [7, 11) is 0. The first-order valence-electron chi connectivity index (χ1n) is 9.78. The second-order valence-corrected chi connectivity index (χ2v) is 6.68. The second kappa shape index (κ2) is 13.7. The van der Waals surface area contributed by atoms with Gasteiger partial charge in [-0.2, -0.15) is 0 Å². The number of aliphatic hydroxyl groups is 2. The van der Waals surface area contributed by atoms with E-state index < -0.39 is 6.67 Å². The molecule has 1 aromatic heterocycles. The van der Waals surface area contributed by atoms with Crippen molar-refractivity contribution in [3.05, 3.63) is 35.7 Å². The third-order valence-corrected chi connectivity index (χ3v) is 3.97. The van der Waals surface area contributed by atoms with Crippen molar-refractivity contribution in [2.24, 2.45) is 5.73 Å². The molecule has 13 heteroatoms. The van der Waals surface area contributed by atoms with Gasteiger partial charge in [-0.25, -0.2) is 4.68 Å². The van der Waals surface area contributed by atoms with E-state index in [-0.39, 0.29) is 13.2 Å².